The summed E-state index contributed by atoms with van der Waals surface area (Å²) in [6.45, 7) is 1.64. The van der Waals surface area contributed by atoms with E-state index in [1.165, 1.54) is 0 Å². The normalized spacial score (nSPS) is 8.50. The molecule has 0 radical (unpaired) electrons. The summed E-state index contributed by atoms with van der Waals surface area (Å²) in [5.74, 6) is 0. The molecule has 0 rings (SSSR count). The molecule has 0 aliphatic rings. The van der Waals surface area contributed by atoms with Crippen molar-refractivity contribution in [2.24, 2.45) is 0 Å². The minimum Gasteiger partial charge on any atom is -0.437 e. The summed E-state index contributed by atoms with van der Waals surface area (Å²) >= 11 is 0. The Kier molecular flexibility index (Phi) is 3.12. The molecule has 0 aromatic carbocycles. The SMILES string of the molecule is CNNB(C)O. The van der Waals surface area contributed by atoms with E-state index in [0.717, 1.165) is 0 Å². The molecule has 3 N–H and O–H groups in total. The van der Waals surface area contributed by atoms with E-state index >= 15 is 0 Å². The summed E-state index contributed by atoms with van der Waals surface area (Å²) in [4.78, 5) is 0. The van der Waals surface area contributed by atoms with Crippen molar-refractivity contribution in [3.63, 3.8) is 0 Å². The molecule has 0 fully saturated rings. The molecule has 0 aliphatic heterocycles. The smallest absolute Gasteiger partial charge is 0.387 e. The number of rotatable bonds is 2. The fourth-order valence-electron chi connectivity index (χ4n) is 0.209. The van der Waals surface area contributed by atoms with E-state index in [2.05, 4.69) is 10.8 Å². The van der Waals surface area contributed by atoms with Gasteiger partial charge in [0.05, 0.1) is 0 Å². The molecule has 0 aromatic heterocycles. The molecule has 0 aromatic rings. The third-order valence-electron chi connectivity index (χ3n) is 0.353. The van der Waals surface area contributed by atoms with Crippen LogP contribution in [-0.4, -0.2) is 19.1 Å². The first-order chi connectivity index (χ1) is 2.77. The van der Waals surface area contributed by atoms with Gasteiger partial charge in [-0.2, -0.15) is 0 Å². The molecule has 36 valence electrons. The van der Waals surface area contributed by atoms with Crippen molar-refractivity contribution < 1.29 is 5.02 Å². The van der Waals surface area contributed by atoms with Crippen molar-refractivity contribution >= 4 is 7.05 Å². The minimum absolute atomic E-state index is 0.463. The average molecular weight is 87.9 g/mol. The predicted molar refractivity (Wildman–Crippen MR) is 26.0 cm³/mol. The lowest BCUT2D eigenvalue weighted by molar-refractivity contribution is 0.538. The molecular formula is C2H9BN2O. The molecule has 0 saturated carbocycles. The third kappa shape index (κ3) is 3.94. The van der Waals surface area contributed by atoms with Gasteiger partial charge in [0.25, 0.3) is 0 Å². The molecule has 0 unspecified atom stereocenters. The number of hydrazine groups is 1. The quantitative estimate of drug-likeness (QED) is 0.294. The summed E-state index contributed by atoms with van der Waals surface area (Å²) in [6, 6.07) is 0. The molecule has 0 atom stereocenters. The van der Waals surface area contributed by atoms with Crippen LogP contribution >= 0.6 is 0 Å². The van der Waals surface area contributed by atoms with Crippen LogP contribution in [0.25, 0.3) is 0 Å². The van der Waals surface area contributed by atoms with Crippen LogP contribution in [0.4, 0.5) is 0 Å². The highest BCUT2D eigenvalue weighted by atomic mass is 16.2. The van der Waals surface area contributed by atoms with Crippen LogP contribution in [-0.2, 0) is 0 Å². The Morgan fingerprint density at radius 1 is 1.67 bits per heavy atom. The van der Waals surface area contributed by atoms with Crippen LogP contribution < -0.4 is 10.8 Å². The van der Waals surface area contributed by atoms with Crippen molar-refractivity contribution in [1.29, 1.82) is 0 Å². The van der Waals surface area contributed by atoms with Gasteiger partial charge in [-0.05, 0) is 13.9 Å². The number of nitrogens with one attached hydrogen (secondary N) is 2. The molecule has 0 bridgehead atoms. The number of hydrogen-bond donors (Lipinski definition) is 3. The summed E-state index contributed by atoms with van der Waals surface area (Å²) in [7, 11) is 1.24. The standard InChI is InChI=1S/C2H9BN2O/c1-3(6)5-4-2/h4-6H,1-2H3. The number of hydrogen-bond acceptors (Lipinski definition) is 3. The first-order valence-corrected chi connectivity index (χ1v) is 1.87. The van der Waals surface area contributed by atoms with Gasteiger partial charge in [0.2, 0.25) is 0 Å². The summed E-state index contributed by atoms with van der Waals surface area (Å²) in [5.41, 5.74) is 2.57. The molecule has 0 amide bonds. The highest BCUT2D eigenvalue weighted by molar-refractivity contribution is 6.45. The van der Waals surface area contributed by atoms with Gasteiger partial charge in [-0.15, -0.1) is 0 Å². The Morgan fingerprint density at radius 2 is 2.17 bits per heavy atom. The highest BCUT2D eigenvalue weighted by Crippen LogP contribution is 1.54. The molecule has 4 heteroatoms. The zero-order valence-electron chi connectivity index (χ0n) is 4.02. The Labute approximate surface area is 37.8 Å². The van der Waals surface area contributed by atoms with Crippen molar-refractivity contribution in [2.75, 3.05) is 7.05 Å². The van der Waals surface area contributed by atoms with E-state index in [9.17, 15) is 0 Å². The second-order valence-corrected chi connectivity index (χ2v) is 1.07. The molecule has 0 heterocycles. The Hall–Kier alpha value is -0.0551. The van der Waals surface area contributed by atoms with Crippen molar-refractivity contribution in [1.82, 2.24) is 10.8 Å². The Morgan fingerprint density at radius 3 is 2.17 bits per heavy atom. The van der Waals surface area contributed by atoms with Gasteiger partial charge in [-0.3, -0.25) is 10.8 Å². The van der Waals surface area contributed by atoms with E-state index in [1.807, 2.05) is 0 Å². The van der Waals surface area contributed by atoms with Crippen molar-refractivity contribution in [3.05, 3.63) is 0 Å². The third-order valence-corrected chi connectivity index (χ3v) is 0.353. The van der Waals surface area contributed by atoms with Gasteiger partial charge in [0.15, 0.2) is 0 Å². The van der Waals surface area contributed by atoms with E-state index in [4.69, 9.17) is 5.02 Å². The largest absolute Gasteiger partial charge is 0.437 e. The fraction of sp³-hybridized carbons (Fsp3) is 1.00. The maximum absolute atomic E-state index is 8.38. The van der Waals surface area contributed by atoms with Crippen LogP contribution in [0, 0.1) is 0 Å². The summed E-state index contributed by atoms with van der Waals surface area (Å²) in [5, 5.41) is 10.9. The molecular weight excluding hydrogens is 78.8 g/mol. The predicted octanol–water partition coefficient (Wildman–Crippen LogP) is -1.18. The second kappa shape index (κ2) is 3.15. The highest BCUT2D eigenvalue weighted by Gasteiger charge is 1.94. The monoisotopic (exact) mass is 88.1 g/mol. The summed E-state index contributed by atoms with van der Waals surface area (Å²) in [6.07, 6.45) is 0. The molecule has 0 aliphatic carbocycles. The van der Waals surface area contributed by atoms with Crippen molar-refractivity contribution in [2.45, 2.75) is 6.82 Å². The zero-order valence-corrected chi connectivity index (χ0v) is 4.02. The lowest BCUT2D eigenvalue weighted by Crippen LogP contribution is -2.39. The van der Waals surface area contributed by atoms with E-state index in [0.29, 0.717) is 0 Å². The maximum atomic E-state index is 8.38. The molecule has 3 nitrogen and oxygen atoms in total. The van der Waals surface area contributed by atoms with Gasteiger partial charge >= 0.3 is 7.05 Å². The lowest BCUT2D eigenvalue weighted by atomic mass is 9.91. The molecule has 0 saturated heterocycles. The Balaban J connectivity index is 2.63. The van der Waals surface area contributed by atoms with Crippen LogP contribution in [0.5, 0.6) is 0 Å². The van der Waals surface area contributed by atoms with Crippen LogP contribution in [0.15, 0.2) is 0 Å². The van der Waals surface area contributed by atoms with Gasteiger partial charge in [-0.1, -0.05) is 0 Å². The lowest BCUT2D eigenvalue weighted by Gasteiger charge is -1.96. The molecule has 0 spiro atoms. The van der Waals surface area contributed by atoms with Gasteiger partial charge in [-0.25, -0.2) is 0 Å². The maximum Gasteiger partial charge on any atom is 0.387 e. The van der Waals surface area contributed by atoms with Gasteiger partial charge in [0, 0.05) is 0 Å². The second-order valence-electron chi connectivity index (χ2n) is 1.07. The van der Waals surface area contributed by atoms with Crippen LogP contribution in [0.2, 0.25) is 6.82 Å². The average Bonchev–Trinajstić information content (AvgIpc) is 1.35. The van der Waals surface area contributed by atoms with Gasteiger partial charge < -0.3 is 5.02 Å². The topological polar surface area (TPSA) is 44.3 Å². The molecule has 6 heavy (non-hydrogen) atoms. The Bertz CT molecular complexity index is 32.7. The van der Waals surface area contributed by atoms with E-state index in [1.54, 1.807) is 13.9 Å². The zero-order chi connectivity index (χ0) is 4.99. The fourth-order valence-corrected chi connectivity index (χ4v) is 0.209. The first-order valence-electron chi connectivity index (χ1n) is 1.87. The minimum atomic E-state index is -0.463. The van der Waals surface area contributed by atoms with Gasteiger partial charge in [0.1, 0.15) is 0 Å². The summed E-state index contributed by atoms with van der Waals surface area (Å²) < 4.78 is 0. The van der Waals surface area contributed by atoms with Crippen molar-refractivity contribution in [3.8, 4) is 0 Å². The van der Waals surface area contributed by atoms with E-state index < -0.39 is 7.05 Å². The van der Waals surface area contributed by atoms with Crippen LogP contribution in [0.1, 0.15) is 0 Å². The first kappa shape index (κ1) is 5.94. The van der Waals surface area contributed by atoms with Crippen LogP contribution in [0.3, 0.4) is 0 Å². The van der Waals surface area contributed by atoms with E-state index in [-0.39, 0.29) is 0 Å².